The molecule has 1 aromatic carbocycles. The van der Waals surface area contributed by atoms with Gasteiger partial charge in [0.1, 0.15) is 0 Å². The Morgan fingerprint density at radius 1 is 1.11 bits per heavy atom. The summed E-state index contributed by atoms with van der Waals surface area (Å²) < 4.78 is 0. The fourth-order valence-corrected chi connectivity index (χ4v) is 1.44. The first-order chi connectivity index (χ1) is 8.71. The lowest BCUT2D eigenvalue weighted by molar-refractivity contribution is -0.123. The van der Waals surface area contributed by atoms with E-state index in [0.717, 1.165) is 0 Å². The molecule has 0 bridgehead atoms. The van der Waals surface area contributed by atoms with Gasteiger partial charge >= 0.3 is 0 Å². The number of rotatable bonds is 3. The second kappa shape index (κ2) is 5.87. The van der Waals surface area contributed by atoms with Gasteiger partial charge in [-0.15, -0.1) is 0 Å². The minimum Gasteiger partial charge on any atom is -0.350 e. The van der Waals surface area contributed by atoms with Crippen molar-refractivity contribution in [2.75, 3.05) is 5.32 Å². The standard InChI is InChI=1S/C15H22N2O2/c1-10(2)16-13(18)11-8-6-7-9-12(11)17-14(19)15(3,4)5/h6-10H,1-5H3,(H,16,18)(H,17,19). The van der Waals surface area contributed by atoms with Crippen molar-refractivity contribution in [1.82, 2.24) is 5.32 Å². The van der Waals surface area contributed by atoms with E-state index in [9.17, 15) is 9.59 Å². The summed E-state index contributed by atoms with van der Waals surface area (Å²) in [5.74, 6) is -0.294. The molecule has 0 saturated carbocycles. The second-order valence-corrected chi connectivity index (χ2v) is 5.88. The number of nitrogens with one attached hydrogen (secondary N) is 2. The molecule has 19 heavy (non-hydrogen) atoms. The Balaban J connectivity index is 2.97. The molecule has 1 aromatic rings. The SMILES string of the molecule is CC(C)NC(=O)c1ccccc1NC(=O)C(C)(C)C. The van der Waals surface area contributed by atoms with E-state index in [0.29, 0.717) is 11.3 Å². The van der Waals surface area contributed by atoms with E-state index in [1.54, 1.807) is 24.3 Å². The van der Waals surface area contributed by atoms with E-state index in [1.165, 1.54) is 0 Å². The maximum Gasteiger partial charge on any atom is 0.253 e. The second-order valence-electron chi connectivity index (χ2n) is 5.88. The van der Waals surface area contributed by atoms with Gasteiger partial charge in [-0.3, -0.25) is 9.59 Å². The van der Waals surface area contributed by atoms with Crippen LogP contribution in [-0.2, 0) is 4.79 Å². The van der Waals surface area contributed by atoms with Gasteiger partial charge in [0.25, 0.3) is 5.91 Å². The van der Waals surface area contributed by atoms with Crippen molar-refractivity contribution in [1.29, 1.82) is 0 Å². The summed E-state index contributed by atoms with van der Waals surface area (Å²) >= 11 is 0. The van der Waals surface area contributed by atoms with Crippen molar-refractivity contribution >= 4 is 17.5 Å². The summed E-state index contributed by atoms with van der Waals surface area (Å²) in [6.07, 6.45) is 0. The zero-order valence-electron chi connectivity index (χ0n) is 12.2. The van der Waals surface area contributed by atoms with Crippen LogP contribution in [0.5, 0.6) is 0 Å². The molecule has 0 heterocycles. The van der Waals surface area contributed by atoms with Crippen molar-refractivity contribution < 1.29 is 9.59 Å². The molecule has 4 heteroatoms. The lowest BCUT2D eigenvalue weighted by atomic mass is 9.95. The summed E-state index contributed by atoms with van der Waals surface area (Å²) in [6, 6.07) is 7.07. The molecule has 0 saturated heterocycles. The number of para-hydroxylation sites is 1. The molecular weight excluding hydrogens is 240 g/mol. The monoisotopic (exact) mass is 262 g/mol. The Morgan fingerprint density at radius 2 is 1.68 bits per heavy atom. The number of benzene rings is 1. The maximum atomic E-state index is 12.0. The van der Waals surface area contributed by atoms with Crippen LogP contribution in [0.25, 0.3) is 0 Å². The van der Waals surface area contributed by atoms with E-state index in [2.05, 4.69) is 10.6 Å². The molecular formula is C15H22N2O2. The van der Waals surface area contributed by atoms with Crippen LogP contribution in [0.4, 0.5) is 5.69 Å². The third-order valence-electron chi connectivity index (χ3n) is 2.52. The van der Waals surface area contributed by atoms with Crippen LogP contribution in [0, 0.1) is 5.41 Å². The number of hydrogen-bond acceptors (Lipinski definition) is 2. The Morgan fingerprint density at radius 3 is 2.21 bits per heavy atom. The summed E-state index contributed by atoms with van der Waals surface area (Å²) in [5, 5.41) is 5.63. The number of anilines is 1. The largest absolute Gasteiger partial charge is 0.350 e. The van der Waals surface area contributed by atoms with E-state index in [1.807, 2.05) is 34.6 Å². The fourth-order valence-electron chi connectivity index (χ4n) is 1.44. The molecule has 4 nitrogen and oxygen atoms in total. The maximum absolute atomic E-state index is 12.0. The molecule has 0 unspecified atom stereocenters. The van der Waals surface area contributed by atoms with Gasteiger partial charge in [-0.2, -0.15) is 0 Å². The molecule has 0 aliphatic carbocycles. The zero-order valence-corrected chi connectivity index (χ0v) is 12.2. The van der Waals surface area contributed by atoms with Gasteiger partial charge in [-0.1, -0.05) is 32.9 Å². The van der Waals surface area contributed by atoms with Gasteiger partial charge in [-0.05, 0) is 26.0 Å². The molecule has 0 radical (unpaired) electrons. The highest BCUT2D eigenvalue weighted by molar-refractivity contribution is 6.04. The summed E-state index contributed by atoms with van der Waals surface area (Å²) in [4.78, 5) is 24.0. The molecule has 0 atom stereocenters. The van der Waals surface area contributed by atoms with Gasteiger partial charge in [0, 0.05) is 11.5 Å². The quantitative estimate of drug-likeness (QED) is 0.880. The lowest BCUT2D eigenvalue weighted by Gasteiger charge is -2.19. The molecule has 104 valence electrons. The van der Waals surface area contributed by atoms with E-state index in [-0.39, 0.29) is 17.9 Å². The van der Waals surface area contributed by atoms with Gasteiger partial charge in [0.2, 0.25) is 5.91 Å². The molecule has 0 aromatic heterocycles. The van der Waals surface area contributed by atoms with Crippen molar-refractivity contribution in [3.8, 4) is 0 Å². The minimum absolute atomic E-state index is 0.0545. The Labute approximate surface area is 114 Å². The van der Waals surface area contributed by atoms with Crippen LogP contribution >= 0.6 is 0 Å². The predicted octanol–water partition coefficient (Wildman–Crippen LogP) is 2.81. The molecule has 0 aliphatic heterocycles. The molecule has 0 fully saturated rings. The first-order valence-electron chi connectivity index (χ1n) is 6.43. The van der Waals surface area contributed by atoms with Crippen molar-refractivity contribution in [3.05, 3.63) is 29.8 Å². The topological polar surface area (TPSA) is 58.2 Å². The zero-order chi connectivity index (χ0) is 14.6. The molecule has 0 aliphatic rings. The summed E-state index contributed by atoms with van der Waals surface area (Å²) in [7, 11) is 0. The van der Waals surface area contributed by atoms with Crippen LogP contribution in [0.2, 0.25) is 0 Å². The Hall–Kier alpha value is -1.84. The Kier molecular flexibility index (Phi) is 4.70. The van der Waals surface area contributed by atoms with Crippen LogP contribution < -0.4 is 10.6 Å². The third kappa shape index (κ3) is 4.39. The molecule has 2 N–H and O–H groups in total. The van der Waals surface area contributed by atoms with E-state index in [4.69, 9.17) is 0 Å². The average molecular weight is 262 g/mol. The average Bonchev–Trinajstić information content (AvgIpc) is 2.27. The minimum atomic E-state index is -0.498. The predicted molar refractivity (Wildman–Crippen MR) is 77.1 cm³/mol. The molecule has 0 spiro atoms. The Bertz CT molecular complexity index is 473. The van der Waals surface area contributed by atoms with Crippen molar-refractivity contribution in [3.63, 3.8) is 0 Å². The smallest absolute Gasteiger partial charge is 0.253 e. The molecule has 2 amide bonds. The fraction of sp³-hybridized carbons (Fsp3) is 0.467. The number of carbonyl (C=O) groups is 2. The van der Waals surface area contributed by atoms with Crippen LogP contribution in [0.1, 0.15) is 45.0 Å². The van der Waals surface area contributed by atoms with Gasteiger partial charge in [0.05, 0.1) is 11.3 Å². The first kappa shape index (κ1) is 15.2. The number of carbonyl (C=O) groups excluding carboxylic acids is 2. The highest BCUT2D eigenvalue weighted by atomic mass is 16.2. The van der Waals surface area contributed by atoms with E-state index < -0.39 is 5.41 Å². The van der Waals surface area contributed by atoms with Gasteiger partial charge in [0.15, 0.2) is 0 Å². The highest BCUT2D eigenvalue weighted by Gasteiger charge is 2.23. The molecule has 1 rings (SSSR count). The third-order valence-corrected chi connectivity index (χ3v) is 2.52. The van der Waals surface area contributed by atoms with Gasteiger partial charge < -0.3 is 10.6 Å². The summed E-state index contributed by atoms with van der Waals surface area (Å²) in [6.45, 7) is 9.29. The van der Waals surface area contributed by atoms with Crippen LogP contribution in [-0.4, -0.2) is 17.9 Å². The van der Waals surface area contributed by atoms with Gasteiger partial charge in [-0.25, -0.2) is 0 Å². The van der Waals surface area contributed by atoms with Crippen molar-refractivity contribution in [2.24, 2.45) is 5.41 Å². The first-order valence-corrected chi connectivity index (χ1v) is 6.43. The summed E-state index contributed by atoms with van der Waals surface area (Å²) in [5.41, 5.74) is 0.524. The van der Waals surface area contributed by atoms with Crippen LogP contribution in [0.3, 0.4) is 0 Å². The normalized spacial score (nSPS) is 11.3. The highest BCUT2D eigenvalue weighted by Crippen LogP contribution is 2.20. The van der Waals surface area contributed by atoms with Crippen LogP contribution in [0.15, 0.2) is 24.3 Å². The van der Waals surface area contributed by atoms with E-state index >= 15 is 0 Å². The lowest BCUT2D eigenvalue weighted by Crippen LogP contribution is -2.32. The van der Waals surface area contributed by atoms with Crippen molar-refractivity contribution in [2.45, 2.75) is 40.7 Å². The number of amides is 2. The number of hydrogen-bond donors (Lipinski definition) is 2.